The summed E-state index contributed by atoms with van der Waals surface area (Å²) in [6.07, 6.45) is 2.83. The fraction of sp³-hybridized carbons (Fsp3) is 0.385. The van der Waals surface area contributed by atoms with E-state index in [0.717, 1.165) is 23.7 Å². The van der Waals surface area contributed by atoms with Gasteiger partial charge in [-0.3, -0.25) is 4.68 Å². The second-order valence-electron chi connectivity index (χ2n) is 4.39. The Morgan fingerprint density at radius 2 is 2.06 bits per heavy atom. The minimum Gasteiger partial charge on any atom is -0.319 e. The van der Waals surface area contributed by atoms with Gasteiger partial charge in [0.2, 0.25) is 0 Å². The van der Waals surface area contributed by atoms with Gasteiger partial charge in [-0.25, -0.2) is 0 Å². The van der Waals surface area contributed by atoms with Crippen molar-refractivity contribution < 1.29 is 0 Å². The Bertz CT molecular complexity index is 492. The third-order valence-corrected chi connectivity index (χ3v) is 3.15. The number of nitrogens with one attached hydrogen (secondary N) is 1. The van der Waals surface area contributed by atoms with Gasteiger partial charge in [-0.2, -0.15) is 0 Å². The van der Waals surface area contributed by atoms with Crippen molar-refractivity contribution in [1.82, 2.24) is 20.3 Å². The Labute approximate surface area is 112 Å². The van der Waals surface area contributed by atoms with Crippen molar-refractivity contribution in [3.05, 3.63) is 46.7 Å². The summed E-state index contributed by atoms with van der Waals surface area (Å²) in [5.74, 6) is 0.379. The lowest BCUT2D eigenvalue weighted by Gasteiger charge is -2.15. The first-order valence-corrected chi connectivity index (χ1v) is 6.32. The molecule has 2 aromatic rings. The molecule has 0 saturated carbocycles. The molecule has 2 rings (SSSR count). The van der Waals surface area contributed by atoms with E-state index in [0.29, 0.717) is 5.92 Å². The molecule has 0 amide bonds. The number of hydrogen-bond acceptors (Lipinski definition) is 3. The van der Waals surface area contributed by atoms with Crippen LogP contribution in [0.5, 0.6) is 0 Å². The summed E-state index contributed by atoms with van der Waals surface area (Å²) in [6.45, 7) is 0.901. The van der Waals surface area contributed by atoms with E-state index in [-0.39, 0.29) is 0 Å². The smallest absolute Gasteiger partial charge is 0.0833 e. The maximum Gasteiger partial charge on any atom is 0.0833 e. The van der Waals surface area contributed by atoms with Crippen molar-refractivity contribution >= 4 is 11.6 Å². The lowest BCUT2D eigenvalue weighted by molar-refractivity contribution is 0.617. The lowest BCUT2D eigenvalue weighted by atomic mass is 9.94. The van der Waals surface area contributed by atoms with Crippen LogP contribution >= 0.6 is 11.6 Å². The minimum atomic E-state index is 0.379. The highest BCUT2D eigenvalue weighted by Gasteiger charge is 2.13. The second-order valence-corrected chi connectivity index (χ2v) is 4.83. The van der Waals surface area contributed by atoms with E-state index in [4.69, 9.17) is 11.6 Å². The molecule has 0 aliphatic carbocycles. The van der Waals surface area contributed by atoms with Crippen molar-refractivity contribution in [2.75, 3.05) is 13.6 Å². The van der Waals surface area contributed by atoms with E-state index >= 15 is 0 Å². The Morgan fingerprint density at radius 1 is 1.33 bits per heavy atom. The zero-order chi connectivity index (χ0) is 13.0. The average molecular weight is 265 g/mol. The molecule has 0 aliphatic rings. The molecule has 0 fully saturated rings. The average Bonchev–Trinajstić information content (AvgIpc) is 2.75. The molecule has 1 aromatic carbocycles. The summed E-state index contributed by atoms with van der Waals surface area (Å²) in [7, 11) is 3.84. The lowest BCUT2D eigenvalue weighted by Crippen LogP contribution is -2.19. The van der Waals surface area contributed by atoms with E-state index in [1.54, 1.807) is 4.68 Å². The molecule has 0 spiro atoms. The second kappa shape index (κ2) is 5.98. The maximum atomic E-state index is 5.92. The molecule has 1 heterocycles. The van der Waals surface area contributed by atoms with Crippen LogP contribution in [0, 0.1) is 0 Å². The summed E-state index contributed by atoms with van der Waals surface area (Å²) in [4.78, 5) is 0. The zero-order valence-corrected chi connectivity index (χ0v) is 11.4. The molecule has 1 N–H and O–H groups in total. The molecular formula is C13H17ClN4. The summed E-state index contributed by atoms with van der Waals surface area (Å²) < 4.78 is 1.73. The quantitative estimate of drug-likeness (QED) is 0.898. The first-order valence-electron chi connectivity index (χ1n) is 5.94. The predicted octanol–water partition coefficient (Wildman–Crippen LogP) is 2.01. The fourth-order valence-electron chi connectivity index (χ4n) is 2.03. The van der Waals surface area contributed by atoms with Gasteiger partial charge in [0.1, 0.15) is 0 Å². The number of likely N-dealkylation sites (N-methyl/N-ethyl adjacent to an activating group) is 1. The number of rotatable bonds is 5. The Kier molecular flexibility index (Phi) is 4.33. The van der Waals surface area contributed by atoms with Gasteiger partial charge in [0.05, 0.1) is 5.69 Å². The third-order valence-electron chi connectivity index (χ3n) is 2.90. The number of nitrogens with zero attached hydrogens (tertiary/aromatic N) is 3. The van der Waals surface area contributed by atoms with E-state index in [1.165, 1.54) is 5.56 Å². The fourth-order valence-corrected chi connectivity index (χ4v) is 2.16. The van der Waals surface area contributed by atoms with Gasteiger partial charge in [-0.05, 0) is 24.7 Å². The molecule has 0 bridgehead atoms. The number of aryl methyl sites for hydroxylation is 1. The van der Waals surface area contributed by atoms with Gasteiger partial charge in [0.15, 0.2) is 0 Å². The Balaban J connectivity index is 2.14. The van der Waals surface area contributed by atoms with Crippen molar-refractivity contribution in [1.29, 1.82) is 0 Å². The highest BCUT2D eigenvalue weighted by Crippen LogP contribution is 2.21. The van der Waals surface area contributed by atoms with Crippen LogP contribution in [0.4, 0.5) is 0 Å². The van der Waals surface area contributed by atoms with Crippen molar-refractivity contribution in [2.45, 2.75) is 12.3 Å². The molecule has 5 heteroatoms. The number of halogens is 1. The highest BCUT2D eigenvalue weighted by atomic mass is 35.5. The van der Waals surface area contributed by atoms with Crippen molar-refractivity contribution in [2.24, 2.45) is 7.05 Å². The normalized spacial score (nSPS) is 12.6. The summed E-state index contributed by atoms with van der Waals surface area (Å²) >= 11 is 5.92. The minimum absolute atomic E-state index is 0.379. The Morgan fingerprint density at radius 3 is 2.61 bits per heavy atom. The number of benzene rings is 1. The van der Waals surface area contributed by atoms with Gasteiger partial charge < -0.3 is 5.32 Å². The van der Waals surface area contributed by atoms with Crippen LogP contribution in [0.25, 0.3) is 0 Å². The van der Waals surface area contributed by atoms with Crippen LogP contribution in [0.1, 0.15) is 17.2 Å². The third kappa shape index (κ3) is 3.31. The van der Waals surface area contributed by atoms with Crippen LogP contribution in [-0.2, 0) is 13.5 Å². The maximum absolute atomic E-state index is 5.92. The molecule has 4 nitrogen and oxygen atoms in total. The summed E-state index contributed by atoms with van der Waals surface area (Å²) in [5, 5.41) is 12.1. The molecule has 1 unspecified atom stereocenters. The van der Waals surface area contributed by atoms with E-state index < -0.39 is 0 Å². The number of aromatic nitrogens is 3. The van der Waals surface area contributed by atoms with Crippen LogP contribution in [-0.4, -0.2) is 28.6 Å². The molecule has 1 aromatic heterocycles. The highest BCUT2D eigenvalue weighted by molar-refractivity contribution is 6.30. The molecule has 0 radical (unpaired) electrons. The van der Waals surface area contributed by atoms with Crippen molar-refractivity contribution in [3.8, 4) is 0 Å². The number of hydrogen-bond donors (Lipinski definition) is 1. The van der Waals surface area contributed by atoms with Gasteiger partial charge in [0, 0.05) is 37.2 Å². The van der Waals surface area contributed by atoms with E-state index in [9.17, 15) is 0 Å². The van der Waals surface area contributed by atoms with Gasteiger partial charge >= 0.3 is 0 Å². The summed E-state index contributed by atoms with van der Waals surface area (Å²) in [6, 6.07) is 7.99. The van der Waals surface area contributed by atoms with Crippen molar-refractivity contribution in [3.63, 3.8) is 0 Å². The first kappa shape index (κ1) is 13.1. The molecule has 18 heavy (non-hydrogen) atoms. The molecule has 0 saturated heterocycles. The van der Waals surface area contributed by atoms with Gasteiger partial charge in [-0.1, -0.05) is 28.9 Å². The SMILES string of the molecule is CNCC(Cc1cn(C)nn1)c1ccc(Cl)cc1. The monoisotopic (exact) mass is 264 g/mol. The molecule has 1 atom stereocenters. The first-order chi connectivity index (χ1) is 8.69. The largest absolute Gasteiger partial charge is 0.319 e. The topological polar surface area (TPSA) is 42.7 Å². The van der Waals surface area contributed by atoms with Crippen LogP contribution in [0.3, 0.4) is 0 Å². The standard InChI is InChI=1S/C13H17ClN4/c1-15-8-11(7-13-9-18(2)17-16-13)10-3-5-12(14)6-4-10/h3-6,9,11,15H,7-8H2,1-2H3. The predicted molar refractivity (Wildman–Crippen MR) is 72.8 cm³/mol. The molecule has 0 aliphatic heterocycles. The van der Waals surface area contributed by atoms with Crippen LogP contribution in [0.15, 0.2) is 30.5 Å². The Hall–Kier alpha value is -1.39. The molecular weight excluding hydrogens is 248 g/mol. The van der Waals surface area contributed by atoms with Crippen LogP contribution in [0.2, 0.25) is 5.02 Å². The van der Waals surface area contributed by atoms with Gasteiger partial charge in [0.25, 0.3) is 0 Å². The summed E-state index contributed by atoms with van der Waals surface area (Å²) in [5.41, 5.74) is 2.27. The molecule has 96 valence electrons. The van der Waals surface area contributed by atoms with Crippen LogP contribution < -0.4 is 5.32 Å². The zero-order valence-electron chi connectivity index (χ0n) is 10.6. The van der Waals surface area contributed by atoms with E-state index in [2.05, 4.69) is 27.8 Å². The van der Waals surface area contributed by atoms with E-state index in [1.807, 2.05) is 32.4 Å². The van der Waals surface area contributed by atoms with Gasteiger partial charge in [-0.15, -0.1) is 5.10 Å².